The molecule has 0 aliphatic heterocycles. The first kappa shape index (κ1) is 11.0. The minimum Gasteiger partial charge on any atom is -0.0718 e. The van der Waals surface area contributed by atoms with Crippen molar-refractivity contribution < 1.29 is 0 Å². The van der Waals surface area contributed by atoms with E-state index in [0.717, 1.165) is 0 Å². The lowest BCUT2D eigenvalue weighted by Gasteiger charge is -2.29. The Balaban J connectivity index is 2.04. The largest absolute Gasteiger partial charge is 0.0718 e. The molecule has 2 aromatic carbocycles. The predicted octanol–water partition coefficient (Wildman–Crippen LogP) is 2.95. The molecule has 2 atom stereocenters. The molecule has 0 bridgehead atoms. The van der Waals surface area contributed by atoms with E-state index in [2.05, 4.69) is 74.5 Å². The molecule has 0 heterocycles. The molecule has 0 radical (unpaired) electrons. The minimum absolute atomic E-state index is 0.227. The van der Waals surface area contributed by atoms with E-state index in [-0.39, 0.29) is 5.41 Å². The molecule has 0 aromatic heterocycles. The second-order valence-electron chi connectivity index (χ2n) is 6.32. The van der Waals surface area contributed by atoms with Crippen molar-refractivity contribution in [3.8, 4) is 0 Å². The average molecular weight is 246 g/mol. The highest BCUT2D eigenvalue weighted by atomic mass is 14.5. The first-order valence-electron chi connectivity index (χ1n) is 7.06. The molecular formula is C19H18. The quantitative estimate of drug-likeness (QED) is 0.670. The standard InChI is InChI=1S/C19H18/c1-19(2)17-10-6-5-9-15(17)16-11-13-7-3-4-8-14(13)12-18(16)19/h3-12,16,18H,1-2H3. The van der Waals surface area contributed by atoms with Gasteiger partial charge >= 0.3 is 0 Å². The Bertz CT molecular complexity index is 765. The summed E-state index contributed by atoms with van der Waals surface area (Å²) in [6.07, 6.45) is 4.95. The van der Waals surface area contributed by atoms with Crippen molar-refractivity contribution in [2.24, 2.45) is 5.92 Å². The lowest BCUT2D eigenvalue weighted by Crippen LogP contribution is -2.35. The van der Waals surface area contributed by atoms with Gasteiger partial charge < -0.3 is 0 Å². The fourth-order valence-electron chi connectivity index (χ4n) is 3.90. The summed E-state index contributed by atoms with van der Waals surface area (Å²) in [7, 11) is 0. The van der Waals surface area contributed by atoms with E-state index in [1.54, 1.807) is 0 Å². The van der Waals surface area contributed by atoms with Crippen molar-refractivity contribution in [3.63, 3.8) is 0 Å². The van der Waals surface area contributed by atoms with Gasteiger partial charge in [0, 0.05) is 5.92 Å². The fourth-order valence-corrected chi connectivity index (χ4v) is 3.90. The number of benzene rings is 2. The molecular weight excluding hydrogens is 228 g/mol. The predicted molar refractivity (Wildman–Crippen MR) is 80.3 cm³/mol. The Labute approximate surface area is 114 Å². The fraction of sp³-hybridized carbons (Fsp3) is 0.263. The second-order valence-corrected chi connectivity index (χ2v) is 6.32. The van der Waals surface area contributed by atoms with Gasteiger partial charge in [0.2, 0.25) is 0 Å². The van der Waals surface area contributed by atoms with Crippen molar-refractivity contribution in [1.82, 2.24) is 0 Å². The van der Waals surface area contributed by atoms with Crippen LogP contribution in [0.2, 0.25) is 0 Å². The maximum absolute atomic E-state index is 2.49. The van der Waals surface area contributed by atoms with Crippen molar-refractivity contribution in [2.45, 2.75) is 25.2 Å². The Morgan fingerprint density at radius 3 is 2.21 bits per heavy atom. The number of fused-ring (bicyclic) bond motifs is 4. The molecule has 0 nitrogen and oxygen atoms in total. The molecule has 19 heavy (non-hydrogen) atoms. The van der Waals surface area contributed by atoms with Crippen molar-refractivity contribution in [3.05, 3.63) is 70.1 Å². The zero-order chi connectivity index (χ0) is 13.0. The van der Waals surface area contributed by atoms with Gasteiger partial charge in [0.25, 0.3) is 0 Å². The van der Waals surface area contributed by atoms with Crippen LogP contribution in [-0.4, -0.2) is 0 Å². The van der Waals surface area contributed by atoms with Gasteiger partial charge in [-0.15, -0.1) is 0 Å². The molecule has 0 heteroatoms. The topological polar surface area (TPSA) is 0 Å². The summed E-state index contributed by atoms with van der Waals surface area (Å²) in [5.41, 5.74) is 3.26. The average Bonchev–Trinajstić information content (AvgIpc) is 2.66. The van der Waals surface area contributed by atoms with E-state index in [1.807, 2.05) is 0 Å². The molecule has 0 amide bonds. The van der Waals surface area contributed by atoms with Gasteiger partial charge in [-0.3, -0.25) is 0 Å². The van der Waals surface area contributed by atoms with Crippen molar-refractivity contribution in [1.29, 1.82) is 0 Å². The summed E-state index contributed by atoms with van der Waals surface area (Å²) >= 11 is 0. The summed E-state index contributed by atoms with van der Waals surface area (Å²) in [5, 5.41) is 2.78. The van der Waals surface area contributed by atoms with Crippen molar-refractivity contribution >= 4 is 12.2 Å². The lowest BCUT2D eigenvalue weighted by molar-refractivity contribution is 0.421. The third kappa shape index (κ3) is 1.40. The lowest BCUT2D eigenvalue weighted by atomic mass is 9.74. The summed E-state index contributed by atoms with van der Waals surface area (Å²) in [5.74, 6) is 1.13. The zero-order valence-electron chi connectivity index (χ0n) is 11.4. The smallest absolute Gasteiger partial charge is 0.0102 e. The molecule has 2 aliphatic rings. The second kappa shape index (κ2) is 3.60. The Hall–Kier alpha value is -1.82. The van der Waals surface area contributed by atoms with Crippen LogP contribution in [0.15, 0.2) is 48.5 Å². The third-order valence-corrected chi connectivity index (χ3v) is 4.95. The molecule has 0 N–H and O–H groups in total. The SMILES string of the molecule is CC1(C)c2ccccc2C2C=c3ccccc3=CC21. The maximum Gasteiger partial charge on any atom is 0.0102 e. The molecule has 0 saturated carbocycles. The highest BCUT2D eigenvalue weighted by Crippen LogP contribution is 2.52. The third-order valence-electron chi connectivity index (χ3n) is 4.95. The summed E-state index contributed by atoms with van der Waals surface area (Å²) < 4.78 is 0. The summed E-state index contributed by atoms with van der Waals surface area (Å²) in [4.78, 5) is 0. The van der Waals surface area contributed by atoms with Crippen molar-refractivity contribution in [2.75, 3.05) is 0 Å². The van der Waals surface area contributed by atoms with E-state index in [9.17, 15) is 0 Å². The van der Waals surface area contributed by atoms with Crippen LogP contribution in [-0.2, 0) is 5.41 Å². The van der Waals surface area contributed by atoms with Crippen LogP contribution in [0.1, 0.15) is 30.9 Å². The Morgan fingerprint density at radius 2 is 1.42 bits per heavy atom. The number of hydrogen-bond donors (Lipinski definition) is 0. The monoisotopic (exact) mass is 246 g/mol. The van der Waals surface area contributed by atoms with Crippen LogP contribution in [0.25, 0.3) is 12.2 Å². The maximum atomic E-state index is 2.49. The van der Waals surface area contributed by atoms with Gasteiger partial charge in [0.15, 0.2) is 0 Å². The highest BCUT2D eigenvalue weighted by Gasteiger charge is 2.44. The van der Waals surface area contributed by atoms with Gasteiger partial charge in [-0.05, 0) is 32.9 Å². The van der Waals surface area contributed by atoms with E-state index < -0.39 is 0 Å². The van der Waals surface area contributed by atoms with Crippen LogP contribution in [0.5, 0.6) is 0 Å². The molecule has 2 aromatic rings. The molecule has 0 fully saturated rings. The molecule has 0 spiro atoms. The Kier molecular flexibility index (Phi) is 2.09. The van der Waals surface area contributed by atoms with Gasteiger partial charge in [-0.1, -0.05) is 74.5 Å². The normalized spacial score (nSPS) is 25.6. The molecule has 2 aliphatic carbocycles. The Morgan fingerprint density at radius 1 is 0.789 bits per heavy atom. The molecule has 2 unspecified atom stereocenters. The van der Waals surface area contributed by atoms with Gasteiger partial charge in [-0.25, -0.2) is 0 Å². The van der Waals surface area contributed by atoms with Gasteiger partial charge in [0.1, 0.15) is 0 Å². The van der Waals surface area contributed by atoms with Crippen LogP contribution in [0, 0.1) is 5.92 Å². The van der Waals surface area contributed by atoms with Crippen LogP contribution in [0.3, 0.4) is 0 Å². The van der Waals surface area contributed by atoms with E-state index in [4.69, 9.17) is 0 Å². The van der Waals surface area contributed by atoms with Gasteiger partial charge in [-0.2, -0.15) is 0 Å². The first-order valence-corrected chi connectivity index (χ1v) is 7.06. The summed E-state index contributed by atoms with van der Waals surface area (Å²) in [6, 6.07) is 17.7. The molecule has 4 rings (SSSR count). The van der Waals surface area contributed by atoms with Crippen LogP contribution in [0.4, 0.5) is 0 Å². The highest BCUT2D eigenvalue weighted by molar-refractivity contribution is 5.60. The van der Waals surface area contributed by atoms with Crippen LogP contribution >= 0.6 is 0 Å². The zero-order valence-corrected chi connectivity index (χ0v) is 11.4. The van der Waals surface area contributed by atoms with E-state index >= 15 is 0 Å². The van der Waals surface area contributed by atoms with Crippen LogP contribution < -0.4 is 10.4 Å². The minimum atomic E-state index is 0.227. The first-order chi connectivity index (χ1) is 9.18. The summed E-state index contributed by atoms with van der Waals surface area (Å²) in [6.45, 7) is 4.77. The van der Waals surface area contributed by atoms with E-state index in [1.165, 1.54) is 21.6 Å². The van der Waals surface area contributed by atoms with Gasteiger partial charge in [0.05, 0.1) is 0 Å². The number of rotatable bonds is 0. The molecule has 94 valence electrons. The molecule has 0 saturated heterocycles. The van der Waals surface area contributed by atoms with E-state index in [0.29, 0.717) is 11.8 Å². The number of hydrogen-bond acceptors (Lipinski definition) is 0.